The van der Waals surface area contributed by atoms with Gasteiger partial charge in [0.05, 0.1) is 17.2 Å². The zero-order chi connectivity index (χ0) is 14.0. The van der Waals surface area contributed by atoms with E-state index in [2.05, 4.69) is 0 Å². The largest absolute Gasteiger partial charge is 0.469 e. The Balaban J connectivity index is 2.07. The summed E-state index contributed by atoms with van der Waals surface area (Å²) in [5.41, 5.74) is 0.937. The third-order valence-corrected chi connectivity index (χ3v) is 3.21. The van der Waals surface area contributed by atoms with Crippen LogP contribution >= 0.6 is 11.6 Å². The summed E-state index contributed by atoms with van der Waals surface area (Å²) in [6.07, 6.45) is -2.28. The van der Waals surface area contributed by atoms with Crippen LogP contribution in [0.25, 0.3) is 0 Å². The molecule has 0 saturated heterocycles. The maximum atomic E-state index is 12.4. The fourth-order valence-electron chi connectivity index (χ4n) is 1.78. The van der Waals surface area contributed by atoms with Crippen LogP contribution in [0.2, 0.25) is 0 Å². The zero-order valence-electron chi connectivity index (χ0n) is 10.2. The fraction of sp³-hybridized carbons (Fsp3) is 0.286. The minimum absolute atomic E-state index is 0.311. The van der Waals surface area contributed by atoms with Gasteiger partial charge in [-0.25, -0.2) is 0 Å². The van der Waals surface area contributed by atoms with Crippen LogP contribution < -0.4 is 0 Å². The molecule has 0 spiro atoms. The summed E-state index contributed by atoms with van der Waals surface area (Å²) < 4.78 is 42.4. The summed E-state index contributed by atoms with van der Waals surface area (Å²) in [6.45, 7) is 1.81. The number of rotatable bonds is 3. The van der Waals surface area contributed by atoms with E-state index >= 15 is 0 Å². The van der Waals surface area contributed by atoms with Gasteiger partial charge < -0.3 is 4.42 Å². The smallest absolute Gasteiger partial charge is 0.416 e. The van der Waals surface area contributed by atoms with Crippen LogP contribution in [0.3, 0.4) is 0 Å². The summed E-state index contributed by atoms with van der Waals surface area (Å²) >= 11 is 6.20. The highest BCUT2D eigenvalue weighted by Crippen LogP contribution is 2.31. The number of hydrogen-bond acceptors (Lipinski definition) is 1. The molecule has 0 radical (unpaired) electrons. The zero-order valence-corrected chi connectivity index (χ0v) is 10.9. The van der Waals surface area contributed by atoms with Gasteiger partial charge in [0, 0.05) is 5.56 Å². The van der Waals surface area contributed by atoms with E-state index < -0.39 is 11.7 Å². The molecule has 19 heavy (non-hydrogen) atoms. The second-order valence-corrected chi connectivity index (χ2v) is 4.88. The topological polar surface area (TPSA) is 13.1 Å². The fourth-order valence-corrected chi connectivity index (χ4v) is 2.08. The number of furan rings is 1. The van der Waals surface area contributed by atoms with E-state index in [0.29, 0.717) is 6.42 Å². The van der Waals surface area contributed by atoms with Crippen molar-refractivity contribution in [1.29, 1.82) is 0 Å². The van der Waals surface area contributed by atoms with Gasteiger partial charge >= 0.3 is 6.18 Å². The Hall–Kier alpha value is -1.42. The van der Waals surface area contributed by atoms with E-state index in [9.17, 15) is 13.2 Å². The van der Waals surface area contributed by atoms with Crippen molar-refractivity contribution in [3.63, 3.8) is 0 Å². The molecule has 0 aliphatic carbocycles. The molecule has 0 fully saturated rings. The second kappa shape index (κ2) is 5.29. The molecular formula is C14H12ClF3O. The first-order valence-corrected chi connectivity index (χ1v) is 6.15. The Kier molecular flexibility index (Phi) is 3.90. The molecule has 1 unspecified atom stereocenters. The Bertz CT molecular complexity index is 543. The molecule has 2 rings (SSSR count). The lowest BCUT2D eigenvalue weighted by Crippen LogP contribution is -2.04. The summed E-state index contributed by atoms with van der Waals surface area (Å²) in [4.78, 5) is 0. The van der Waals surface area contributed by atoms with Gasteiger partial charge in [0.15, 0.2) is 0 Å². The van der Waals surface area contributed by atoms with E-state index in [-0.39, 0.29) is 5.38 Å². The van der Waals surface area contributed by atoms with Gasteiger partial charge in [-0.15, -0.1) is 11.6 Å². The molecule has 1 aromatic heterocycles. The monoisotopic (exact) mass is 288 g/mol. The molecule has 2 aromatic rings. The maximum Gasteiger partial charge on any atom is 0.416 e. The third kappa shape index (κ3) is 3.53. The predicted octanol–water partition coefficient (Wildman–Crippen LogP) is 5.13. The summed E-state index contributed by atoms with van der Waals surface area (Å²) in [6, 6.07) is 6.86. The van der Waals surface area contributed by atoms with E-state index in [1.54, 1.807) is 6.26 Å². The van der Waals surface area contributed by atoms with Gasteiger partial charge in [0.25, 0.3) is 0 Å². The molecule has 0 saturated carbocycles. The highest BCUT2D eigenvalue weighted by Gasteiger charge is 2.30. The molecule has 5 heteroatoms. The molecule has 0 N–H and O–H groups in total. The quantitative estimate of drug-likeness (QED) is 0.714. The second-order valence-electron chi connectivity index (χ2n) is 4.36. The molecular weight excluding hydrogens is 277 g/mol. The number of aryl methyl sites for hydroxylation is 1. The van der Waals surface area contributed by atoms with Crippen molar-refractivity contribution in [3.8, 4) is 0 Å². The number of alkyl halides is 4. The van der Waals surface area contributed by atoms with Crippen molar-refractivity contribution in [3.05, 3.63) is 59.0 Å². The molecule has 1 nitrogen and oxygen atoms in total. The van der Waals surface area contributed by atoms with Crippen molar-refractivity contribution in [2.75, 3.05) is 0 Å². The van der Waals surface area contributed by atoms with Crippen molar-refractivity contribution in [2.45, 2.75) is 24.9 Å². The summed E-state index contributed by atoms with van der Waals surface area (Å²) in [5, 5.41) is -0.311. The van der Waals surface area contributed by atoms with Crippen LogP contribution in [0, 0.1) is 6.92 Å². The number of halogens is 4. The van der Waals surface area contributed by atoms with Gasteiger partial charge in [-0.3, -0.25) is 0 Å². The maximum absolute atomic E-state index is 12.4. The van der Waals surface area contributed by atoms with Crippen molar-refractivity contribution < 1.29 is 17.6 Å². The molecule has 1 aromatic carbocycles. The Labute approximate surface area is 114 Å². The summed E-state index contributed by atoms with van der Waals surface area (Å²) in [7, 11) is 0. The standard InChI is InChI=1S/C14H12ClF3O/c1-9-6-11(8-19-9)13(15)7-10-2-4-12(5-3-10)14(16,17)18/h2-6,8,13H,7H2,1H3. The lowest BCUT2D eigenvalue weighted by atomic mass is 10.0. The van der Waals surface area contributed by atoms with Crippen LogP contribution in [0.15, 0.2) is 41.0 Å². The van der Waals surface area contributed by atoms with E-state index in [0.717, 1.165) is 29.0 Å². The molecule has 0 aliphatic rings. The third-order valence-electron chi connectivity index (χ3n) is 2.81. The first kappa shape index (κ1) is 14.0. The molecule has 1 atom stereocenters. The average Bonchev–Trinajstić information content (AvgIpc) is 2.75. The minimum atomic E-state index is -4.30. The lowest BCUT2D eigenvalue weighted by Gasteiger charge is -2.09. The first-order valence-electron chi connectivity index (χ1n) is 5.71. The van der Waals surface area contributed by atoms with Crippen LogP contribution in [0.1, 0.15) is 27.8 Å². The highest BCUT2D eigenvalue weighted by molar-refractivity contribution is 6.20. The van der Waals surface area contributed by atoms with Crippen LogP contribution in [-0.4, -0.2) is 0 Å². The number of hydrogen-bond donors (Lipinski definition) is 0. The lowest BCUT2D eigenvalue weighted by molar-refractivity contribution is -0.137. The number of benzene rings is 1. The van der Waals surface area contributed by atoms with Crippen molar-refractivity contribution >= 4 is 11.6 Å². The Morgan fingerprint density at radius 3 is 2.32 bits per heavy atom. The summed E-state index contributed by atoms with van der Waals surface area (Å²) in [5.74, 6) is 0.757. The highest BCUT2D eigenvalue weighted by atomic mass is 35.5. The Morgan fingerprint density at radius 2 is 1.84 bits per heavy atom. The average molecular weight is 289 g/mol. The molecule has 102 valence electrons. The van der Waals surface area contributed by atoms with Crippen molar-refractivity contribution in [2.24, 2.45) is 0 Å². The van der Waals surface area contributed by atoms with Crippen LogP contribution in [0.5, 0.6) is 0 Å². The van der Waals surface area contributed by atoms with Gasteiger partial charge in [-0.05, 0) is 37.1 Å². The van der Waals surface area contributed by atoms with Crippen molar-refractivity contribution in [1.82, 2.24) is 0 Å². The van der Waals surface area contributed by atoms with Gasteiger partial charge in [0.2, 0.25) is 0 Å². The molecule has 1 heterocycles. The predicted molar refractivity (Wildman–Crippen MR) is 67.2 cm³/mol. The van der Waals surface area contributed by atoms with E-state index in [1.807, 2.05) is 13.0 Å². The van der Waals surface area contributed by atoms with E-state index in [4.69, 9.17) is 16.0 Å². The van der Waals surface area contributed by atoms with Crippen LogP contribution in [0.4, 0.5) is 13.2 Å². The minimum Gasteiger partial charge on any atom is -0.469 e. The molecule has 0 aliphatic heterocycles. The van der Waals surface area contributed by atoms with Gasteiger partial charge in [0.1, 0.15) is 5.76 Å². The normalized spacial score (nSPS) is 13.5. The van der Waals surface area contributed by atoms with E-state index in [1.165, 1.54) is 12.1 Å². The Morgan fingerprint density at radius 1 is 1.21 bits per heavy atom. The molecule has 0 amide bonds. The van der Waals surface area contributed by atoms with Gasteiger partial charge in [-0.2, -0.15) is 13.2 Å². The van der Waals surface area contributed by atoms with Gasteiger partial charge in [-0.1, -0.05) is 12.1 Å². The van der Waals surface area contributed by atoms with Crippen LogP contribution in [-0.2, 0) is 12.6 Å². The first-order chi connectivity index (χ1) is 8.86. The SMILES string of the molecule is Cc1cc(C(Cl)Cc2ccc(C(F)(F)F)cc2)co1. The molecule has 0 bridgehead atoms.